The Kier molecular flexibility index (Phi) is 4.67. The molecule has 0 fully saturated rings. The maximum absolute atomic E-state index is 8.78. The molecule has 0 radical (unpaired) electrons. The summed E-state index contributed by atoms with van der Waals surface area (Å²) >= 11 is 0. The van der Waals surface area contributed by atoms with E-state index in [4.69, 9.17) is 9.84 Å². The van der Waals surface area contributed by atoms with Crippen LogP contribution < -0.4 is 0 Å². The van der Waals surface area contributed by atoms with Crippen LogP contribution in [0.2, 0.25) is 0 Å². The second kappa shape index (κ2) is 5.06. The van der Waals surface area contributed by atoms with Gasteiger partial charge in [-0.3, -0.25) is 0 Å². The molecule has 0 saturated heterocycles. The van der Waals surface area contributed by atoms with Gasteiger partial charge in [-0.15, -0.1) is 0 Å². The topological polar surface area (TPSA) is 29.5 Å². The first-order valence-electron chi connectivity index (χ1n) is 3.29. The van der Waals surface area contributed by atoms with E-state index >= 15 is 0 Å². The number of aliphatic hydroxyl groups is 1. The van der Waals surface area contributed by atoms with Crippen LogP contribution in [0.4, 0.5) is 0 Å². The van der Waals surface area contributed by atoms with Gasteiger partial charge in [0.1, 0.15) is 12.4 Å². The first kappa shape index (κ1) is 9.24. The third kappa shape index (κ3) is 5.38. The van der Waals surface area contributed by atoms with Crippen molar-refractivity contribution in [1.82, 2.24) is 0 Å². The first-order valence-corrected chi connectivity index (χ1v) is 3.29. The SMILES string of the molecule is C=C(/C=C\C)OCC(C)O. The summed E-state index contributed by atoms with van der Waals surface area (Å²) in [7, 11) is 0. The molecule has 0 bridgehead atoms. The Morgan fingerprint density at radius 1 is 1.80 bits per heavy atom. The molecule has 0 aromatic heterocycles. The fourth-order valence-corrected chi connectivity index (χ4v) is 0.462. The average molecular weight is 142 g/mol. The van der Waals surface area contributed by atoms with Gasteiger partial charge in [-0.05, 0) is 19.9 Å². The number of hydrogen-bond acceptors (Lipinski definition) is 2. The molecule has 0 rings (SSSR count). The lowest BCUT2D eigenvalue weighted by atomic mass is 10.4. The molecule has 0 aliphatic rings. The van der Waals surface area contributed by atoms with Gasteiger partial charge in [0, 0.05) is 0 Å². The van der Waals surface area contributed by atoms with Crippen LogP contribution in [0.15, 0.2) is 24.5 Å². The number of aliphatic hydroxyl groups excluding tert-OH is 1. The van der Waals surface area contributed by atoms with Crippen molar-refractivity contribution in [2.75, 3.05) is 6.61 Å². The summed E-state index contributed by atoms with van der Waals surface area (Å²) in [5.41, 5.74) is 0. The molecule has 1 atom stereocenters. The summed E-state index contributed by atoms with van der Waals surface area (Å²) in [5.74, 6) is 0.586. The zero-order chi connectivity index (χ0) is 7.98. The van der Waals surface area contributed by atoms with Crippen LogP contribution in [0.3, 0.4) is 0 Å². The molecular weight excluding hydrogens is 128 g/mol. The molecule has 0 aromatic carbocycles. The Morgan fingerprint density at radius 3 is 2.80 bits per heavy atom. The largest absolute Gasteiger partial charge is 0.492 e. The van der Waals surface area contributed by atoms with Crippen LogP contribution >= 0.6 is 0 Å². The molecular formula is C8H14O2. The summed E-state index contributed by atoms with van der Waals surface area (Å²) in [5, 5.41) is 8.78. The average Bonchev–Trinajstić information content (AvgIpc) is 1.85. The molecule has 0 spiro atoms. The van der Waals surface area contributed by atoms with Crippen molar-refractivity contribution in [2.45, 2.75) is 20.0 Å². The van der Waals surface area contributed by atoms with Gasteiger partial charge in [0.15, 0.2) is 0 Å². The zero-order valence-corrected chi connectivity index (χ0v) is 6.50. The molecule has 1 N–H and O–H groups in total. The van der Waals surface area contributed by atoms with Crippen molar-refractivity contribution in [2.24, 2.45) is 0 Å². The molecule has 2 heteroatoms. The van der Waals surface area contributed by atoms with Crippen LogP contribution in [-0.2, 0) is 4.74 Å². The van der Waals surface area contributed by atoms with E-state index < -0.39 is 6.10 Å². The number of hydrogen-bond donors (Lipinski definition) is 1. The van der Waals surface area contributed by atoms with Crippen molar-refractivity contribution in [3.05, 3.63) is 24.5 Å². The highest BCUT2D eigenvalue weighted by molar-refractivity contribution is 5.05. The van der Waals surface area contributed by atoms with Crippen LogP contribution in [-0.4, -0.2) is 17.8 Å². The van der Waals surface area contributed by atoms with Gasteiger partial charge < -0.3 is 9.84 Å². The predicted octanol–water partition coefficient (Wildman–Crippen LogP) is 1.47. The minimum Gasteiger partial charge on any atom is -0.492 e. The maximum Gasteiger partial charge on any atom is 0.114 e. The van der Waals surface area contributed by atoms with Gasteiger partial charge in [0.05, 0.1) is 6.10 Å². The normalized spacial score (nSPS) is 13.5. The van der Waals surface area contributed by atoms with Crippen molar-refractivity contribution in [3.8, 4) is 0 Å². The van der Waals surface area contributed by atoms with Crippen LogP contribution in [0.5, 0.6) is 0 Å². The lowest BCUT2D eigenvalue weighted by molar-refractivity contribution is 0.0888. The molecule has 0 aliphatic heterocycles. The van der Waals surface area contributed by atoms with Crippen molar-refractivity contribution < 1.29 is 9.84 Å². The summed E-state index contributed by atoms with van der Waals surface area (Å²) in [4.78, 5) is 0. The van der Waals surface area contributed by atoms with Gasteiger partial charge in [0.25, 0.3) is 0 Å². The second-order valence-electron chi connectivity index (χ2n) is 2.13. The van der Waals surface area contributed by atoms with E-state index in [1.807, 2.05) is 13.0 Å². The fourth-order valence-electron chi connectivity index (χ4n) is 0.462. The molecule has 0 amide bonds. The quantitative estimate of drug-likeness (QED) is 0.476. The predicted molar refractivity (Wildman–Crippen MR) is 41.6 cm³/mol. The van der Waals surface area contributed by atoms with Gasteiger partial charge in [0.2, 0.25) is 0 Å². The third-order valence-corrected chi connectivity index (χ3v) is 0.862. The lowest BCUT2D eigenvalue weighted by Crippen LogP contribution is -2.08. The Bertz CT molecular complexity index is 125. The van der Waals surface area contributed by atoms with Gasteiger partial charge >= 0.3 is 0 Å². The summed E-state index contributed by atoms with van der Waals surface area (Å²) in [6, 6.07) is 0. The van der Waals surface area contributed by atoms with Gasteiger partial charge in [-0.25, -0.2) is 0 Å². The number of allylic oxidation sites excluding steroid dienone is 2. The Hall–Kier alpha value is -0.760. The number of ether oxygens (including phenoxy) is 1. The monoisotopic (exact) mass is 142 g/mol. The van der Waals surface area contributed by atoms with E-state index in [9.17, 15) is 0 Å². The maximum atomic E-state index is 8.78. The van der Waals surface area contributed by atoms with Gasteiger partial charge in [-0.1, -0.05) is 12.7 Å². The lowest BCUT2D eigenvalue weighted by Gasteiger charge is -2.06. The molecule has 58 valence electrons. The van der Waals surface area contributed by atoms with Crippen molar-refractivity contribution >= 4 is 0 Å². The second-order valence-corrected chi connectivity index (χ2v) is 2.13. The number of rotatable bonds is 4. The summed E-state index contributed by atoms with van der Waals surface area (Å²) in [6.45, 7) is 7.46. The van der Waals surface area contributed by atoms with E-state index in [0.717, 1.165) is 0 Å². The summed E-state index contributed by atoms with van der Waals surface area (Å²) < 4.78 is 5.01. The van der Waals surface area contributed by atoms with E-state index in [1.54, 1.807) is 13.0 Å². The van der Waals surface area contributed by atoms with Crippen molar-refractivity contribution in [1.29, 1.82) is 0 Å². The Balaban J connectivity index is 3.40. The molecule has 0 aliphatic carbocycles. The standard InChI is InChI=1S/C8H14O2/c1-4-5-8(3)10-6-7(2)9/h4-5,7,9H,3,6H2,1-2H3/b5-4-. The highest BCUT2D eigenvalue weighted by Crippen LogP contribution is 1.96. The molecule has 1 unspecified atom stereocenters. The summed E-state index contributed by atoms with van der Waals surface area (Å²) in [6.07, 6.45) is 3.16. The molecule has 2 nitrogen and oxygen atoms in total. The molecule has 0 saturated carbocycles. The van der Waals surface area contributed by atoms with Crippen molar-refractivity contribution in [3.63, 3.8) is 0 Å². The van der Waals surface area contributed by atoms with E-state index in [2.05, 4.69) is 6.58 Å². The molecule has 0 heterocycles. The molecule has 10 heavy (non-hydrogen) atoms. The van der Waals surface area contributed by atoms with Crippen LogP contribution in [0, 0.1) is 0 Å². The zero-order valence-electron chi connectivity index (χ0n) is 6.50. The van der Waals surface area contributed by atoms with Crippen LogP contribution in [0.1, 0.15) is 13.8 Å². The molecule has 0 aromatic rings. The fraction of sp³-hybridized carbons (Fsp3) is 0.500. The third-order valence-electron chi connectivity index (χ3n) is 0.862. The highest BCUT2D eigenvalue weighted by atomic mass is 16.5. The highest BCUT2D eigenvalue weighted by Gasteiger charge is 1.94. The minimum atomic E-state index is -0.429. The van der Waals surface area contributed by atoms with Gasteiger partial charge in [-0.2, -0.15) is 0 Å². The van der Waals surface area contributed by atoms with Crippen LogP contribution in [0.25, 0.3) is 0 Å². The Labute approximate surface area is 61.8 Å². The Morgan fingerprint density at radius 2 is 2.40 bits per heavy atom. The minimum absolute atomic E-state index is 0.309. The smallest absolute Gasteiger partial charge is 0.114 e. The first-order chi connectivity index (χ1) is 4.66. The van der Waals surface area contributed by atoms with E-state index in [-0.39, 0.29) is 0 Å². The van der Waals surface area contributed by atoms with E-state index in [0.29, 0.717) is 12.4 Å². The van der Waals surface area contributed by atoms with E-state index in [1.165, 1.54) is 0 Å².